The monoisotopic (exact) mass is 371 g/mol. The lowest BCUT2D eigenvalue weighted by Crippen LogP contribution is -2.40. The van der Waals surface area contributed by atoms with Crippen molar-refractivity contribution >= 4 is 24.7 Å². The molecule has 10 nitrogen and oxygen atoms in total. The van der Waals surface area contributed by atoms with E-state index in [1.807, 2.05) is 13.8 Å². The minimum atomic E-state index is -0.250. The summed E-state index contributed by atoms with van der Waals surface area (Å²) in [6.07, 6.45) is 3.88. The van der Waals surface area contributed by atoms with Crippen LogP contribution in [0.3, 0.4) is 0 Å². The number of likely N-dealkylation sites (tertiary alicyclic amines) is 1. The number of nitrogens with zero attached hydrogens (tertiary/aromatic N) is 3. The number of ether oxygens (including phenoxy) is 1. The van der Waals surface area contributed by atoms with Crippen LogP contribution in [0.4, 0.5) is 11.8 Å². The smallest absolute Gasteiger partial charge is 0.290 e. The van der Waals surface area contributed by atoms with Crippen LogP contribution >= 0.6 is 0 Å². The van der Waals surface area contributed by atoms with Gasteiger partial charge in [0.2, 0.25) is 11.8 Å². The SMILES string of the molecule is CC(C)Oc1cc(NCC2CCCCN2C)nc(N)n1.O=CO.O=CO. The van der Waals surface area contributed by atoms with Gasteiger partial charge in [-0.15, -0.1) is 0 Å². The molecule has 0 spiro atoms. The van der Waals surface area contributed by atoms with Crippen molar-refractivity contribution in [3.05, 3.63) is 6.07 Å². The van der Waals surface area contributed by atoms with Crippen LogP contribution in [0.1, 0.15) is 33.1 Å². The first-order valence-electron chi connectivity index (χ1n) is 8.28. The molecule has 1 aromatic rings. The second-order valence-corrected chi connectivity index (χ2v) is 5.84. The van der Waals surface area contributed by atoms with Gasteiger partial charge in [-0.3, -0.25) is 9.59 Å². The summed E-state index contributed by atoms with van der Waals surface area (Å²) in [6.45, 7) is 5.46. The van der Waals surface area contributed by atoms with Crippen molar-refractivity contribution in [2.45, 2.75) is 45.3 Å². The molecule has 0 radical (unpaired) electrons. The van der Waals surface area contributed by atoms with Crippen LogP contribution in [0.5, 0.6) is 5.88 Å². The van der Waals surface area contributed by atoms with E-state index in [2.05, 4.69) is 27.2 Å². The highest BCUT2D eigenvalue weighted by molar-refractivity contribution is 5.43. The molecule has 0 amide bonds. The Morgan fingerprint density at radius 3 is 2.50 bits per heavy atom. The largest absolute Gasteiger partial charge is 0.483 e. The molecule has 2 heterocycles. The maximum atomic E-state index is 8.36. The maximum Gasteiger partial charge on any atom is 0.290 e. The summed E-state index contributed by atoms with van der Waals surface area (Å²) in [5, 5.41) is 17.1. The van der Waals surface area contributed by atoms with Crippen molar-refractivity contribution in [3.8, 4) is 5.88 Å². The molecule has 26 heavy (non-hydrogen) atoms. The third kappa shape index (κ3) is 10.3. The quantitative estimate of drug-likeness (QED) is 0.555. The molecule has 0 bridgehead atoms. The van der Waals surface area contributed by atoms with Gasteiger partial charge >= 0.3 is 0 Å². The molecule has 2 rings (SSSR count). The molecule has 1 aliphatic rings. The zero-order valence-corrected chi connectivity index (χ0v) is 15.5. The summed E-state index contributed by atoms with van der Waals surface area (Å²) >= 11 is 0. The number of anilines is 2. The normalized spacial score (nSPS) is 16.4. The van der Waals surface area contributed by atoms with Gasteiger partial charge in [0.15, 0.2) is 0 Å². The maximum absolute atomic E-state index is 8.36. The average molecular weight is 371 g/mol. The Balaban J connectivity index is 0.000000918. The van der Waals surface area contributed by atoms with Gasteiger partial charge in [-0.05, 0) is 40.3 Å². The zero-order valence-electron chi connectivity index (χ0n) is 15.5. The third-order valence-corrected chi connectivity index (χ3v) is 3.52. The molecule has 1 saturated heterocycles. The number of nitrogens with one attached hydrogen (secondary N) is 1. The predicted octanol–water partition coefficient (Wildman–Crippen LogP) is 1.14. The number of rotatable bonds is 5. The average Bonchev–Trinajstić information content (AvgIpc) is 2.54. The van der Waals surface area contributed by atoms with Gasteiger partial charge in [-0.1, -0.05) is 6.42 Å². The molecule has 1 aliphatic heterocycles. The van der Waals surface area contributed by atoms with Crippen LogP contribution < -0.4 is 15.8 Å². The number of carboxylic acid groups (broad SMARTS) is 2. The summed E-state index contributed by atoms with van der Waals surface area (Å²) in [6, 6.07) is 2.36. The van der Waals surface area contributed by atoms with Crippen LogP contribution in [-0.4, -0.2) is 70.3 Å². The molecule has 1 unspecified atom stereocenters. The van der Waals surface area contributed by atoms with Crippen molar-refractivity contribution in [2.75, 3.05) is 31.2 Å². The Labute approximate surface area is 153 Å². The van der Waals surface area contributed by atoms with Crippen molar-refractivity contribution in [2.24, 2.45) is 0 Å². The van der Waals surface area contributed by atoms with E-state index < -0.39 is 0 Å². The van der Waals surface area contributed by atoms with Crippen molar-refractivity contribution in [1.82, 2.24) is 14.9 Å². The Morgan fingerprint density at radius 1 is 1.35 bits per heavy atom. The van der Waals surface area contributed by atoms with Crippen LogP contribution in [0, 0.1) is 0 Å². The van der Waals surface area contributed by atoms with Crippen molar-refractivity contribution < 1.29 is 24.5 Å². The van der Waals surface area contributed by atoms with E-state index in [0.29, 0.717) is 11.9 Å². The number of aromatic nitrogens is 2. The molecule has 1 fully saturated rings. The second kappa shape index (κ2) is 13.6. The summed E-state index contributed by atoms with van der Waals surface area (Å²) in [5.74, 6) is 1.49. The number of likely N-dealkylation sites (N-methyl/N-ethyl adjacent to an activating group) is 1. The predicted molar refractivity (Wildman–Crippen MR) is 98.4 cm³/mol. The molecule has 1 aromatic heterocycles. The molecule has 0 aromatic carbocycles. The van der Waals surface area contributed by atoms with E-state index in [-0.39, 0.29) is 25.0 Å². The van der Waals surface area contributed by atoms with E-state index in [4.69, 9.17) is 30.3 Å². The topological polar surface area (TPSA) is 151 Å². The lowest BCUT2D eigenvalue weighted by atomic mass is 10.0. The van der Waals surface area contributed by atoms with Gasteiger partial charge in [0.1, 0.15) is 5.82 Å². The minimum Gasteiger partial charge on any atom is -0.483 e. The Kier molecular flexibility index (Phi) is 12.3. The number of hydrogen-bond donors (Lipinski definition) is 4. The molecule has 5 N–H and O–H groups in total. The van der Waals surface area contributed by atoms with Crippen molar-refractivity contribution in [1.29, 1.82) is 0 Å². The van der Waals surface area contributed by atoms with E-state index in [1.165, 1.54) is 25.8 Å². The van der Waals surface area contributed by atoms with E-state index in [9.17, 15) is 0 Å². The zero-order chi connectivity index (χ0) is 19.9. The van der Waals surface area contributed by atoms with Gasteiger partial charge in [-0.25, -0.2) is 0 Å². The number of piperidine rings is 1. The summed E-state index contributed by atoms with van der Waals surface area (Å²) < 4.78 is 5.57. The molecular weight excluding hydrogens is 342 g/mol. The lowest BCUT2D eigenvalue weighted by molar-refractivity contribution is -0.123. The highest BCUT2D eigenvalue weighted by Gasteiger charge is 2.18. The second-order valence-electron chi connectivity index (χ2n) is 5.84. The fraction of sp³-hybridized carbons (Fsp3) is 0.625. The number of nitrogen functional groups attached to an aromatic ring is 1. The fourth-order valence-corrected chi connectivity index (χ4v) is 2.46. The Hall–Kier alpha value is -2.62. The number of hydrogen-bond acceptors (Lipinski definition) is 8. The van der Waals surface area contributed by atoms with Crippen LogP contribution in [-0.2, 0) is 9.59 Å². The van der Waals surface area contributed by atoms with E-state index in [0.717, 1.165) is 12.4 Å². The number of nitrogens with two attached hydrogens (primary N) is 1. The molecule has 1 atom stereocenters. The summed E-state index contributed by atoms with van der Waals surface area (Å²) in [5.41, 5.74) is 5.72. The lowest BCUT2D eigenvalue weighted by Gasteiger charge is -2.32. The molecule has 148 valence electrons. The van der Waals surface area contributed by atoms with Gasteiger partial charge < -0.3 is 30.9 Å². The van der Waals surface area contributed by atoms with Gasteiger partial charge in [0.25, 0.3) is 12.9 Å². The standard InChI is InChI=1S/C14H25N5O.2CH2O2/c1-10(2)20-13-8-12(17-14(15)18-13)16-9-11-6-4-5-7-19(11)3;2*2-1-3/h8,10-11H,4-7,9H2,1-3H3,(H3,15,16,17,18);2*1H,(H,2,3). The first kappa shape index (κ1) is 23.4. The van der Waals surface area contributed by atoms with Crippen LogP contribution in [0.2, 0.25) is 0 Å². The minimum absolute atomic E-state index is 0.0710. The first-order chi connectivity index (χ1) is 12.4. The fourth-order valence-electron chi connectivity index (χ4n) is 2.46. The molecule has 0 aliphatic carbocycles. The Morgan fingerprint density at radius 2 is 1.96 bits per heavy atom. The van der Waals surface area contributed by atoms with Gasteiger partial charge in [0.05, 0.1) is 6.10 Å². The van der Waals surface area contributed by atoms with Gasteiger partial charge in [-0.2, -0.15) is 9.97 Å². The summed E-state index contributed by atoms with van der Waals surface area (Å²) in [7, 11) is 2.17. The summed E-state index contributed by atoms with van der Waals surface area (Å²) in [4.78, 5) is 27.4. The van der Waals surface area contributed by atoms with E-state index >= 15 is 0 Å². The molecular formula is C16H29N5O5. The molecule has 0 saturated carbocycles. The first-order valence-corrected chi connectivity index (χ1v) is 8.28. The number of carbonyl (C=O) groups is 2. The highest BCUT2D eigenvalue weighted by Crippen LogP contribution is 2.18. The third-order valence-electron chi connectivity index (χ3n) is 3.52. The van der Waals surface area contributed by atoms with Crippen LogP contribution in [0.15, 0.2) is 6.07 Å². The van der Waals surface area contributed by atoms with Gasteiger partial charge in [0, 0.05) is 18.7 Å². The van der Waals surface area contributed by atoms with Crippen LogP contribution in [0.25, 0.3) is 0 Å². The Bertz CT molecular complexity index is 524. The highest BCUT2D eigenvalue weighted by atomic mass is 16.5. The van der Waals surface area contributed by atoms with Crippen molar-refractivity contribution in [3.63, 3.8) is 0 Å². The molecule has 10 heteroatoms. The van der Waals surface area contributed by atoms with E-state index in [1.54, 1.807) is 6.07 Å².